The van der Waals surface area contributed by atoms with Crippen LogP contribution in [-0.4, -0.2) is 49.5 Å². The van der Waals surface area contributed by atoms with Crippen molar-refractivity contribution in [3.8, 4) is 0 Å². The number of aryl methyl sites for hydroxylation is 2. The first-order valence-corrected chi connectivity index (χ1v) is 8.27. The number of hydrogen-bond donors (Lipinski definition) is 1. The molecular formula is C16H25ClN6O. The molecule has 0 aliphatic carbocycles. The number of piperidine rings is 1. The number of carbonyl (C=O) groups excluding carboxylic acids is 1. The van der Waals surface area contributed by atoms with Crippen LogP contribution in [0.2, 0.25) is 0 Å². The van der Waals surface area contributed by atoms with E-state index < -0.39 is 0 Å². The van der Waals surface area contributed by atoms with E-state index in [4.69, 9.17) is 5.73 Å². The number of fused-ring (bicyclic) bond motifs is 1. The molecule has 0 spiro atoms. The van der Waals surface area contributed by atoms with E-state index in [1.807, 2.05) is 18.7 Å². The third kappa shape index (κ3) is 3.52. The summed E-state index contributed by atoms with van der Waals surface area (Å²) in [6, 6.07) is 0.203. The van der Waals surface area contributed by atoms with Crippen LogP contribution in [0.15, 0.2) is 6.33 Å². The molecule has 1 atom stereocenters. The van der Waals surface area contributed by atoms with Crippen LogP contribution >= 0.6 is 12.4 Å². The number of carbonyl (C=O) groups is 1. The largest absolute Gasteiger partial charge is 0.338 e. The molecule has 3 rings (SSSR count). The Bertz CT molecular complexity index is 716. The van der Waals surface area contributed by atoms with Crippen molar-refractivity contribution in [1.82, 2.24) is 24.5 Å². The minimum Gasteiger partial charge on any atom is -0.338 e. The molecule has 7 nitrogen and oxygen atoms in total. The number of likely N-dealkylation sites (tertiary alicyclic amines) is 1. The number of aromatic nitrogens is 4. The summed E-state index contributed by atoms with van der Waals surface area (Å²) < 4.78 is 1.73. The summed E-state index contributed by atoms with van der Waals surface area (Å²) in [5.74, 6) is 0.798. The normalized spacial score (nSPS) is 17.8. The number of halogens is 1. The Labute approximate surface area is 148 Å². The Balaban J connectivity index is 0.00000208. The maximum absolute atomic E-state index is 12.6. The number of hydrogen-bond acceptors (Lipinski definition) is 5. The number of nitrogens with zero attached hydrogens (tertiary/aromatic N) is 5. The fourth-order valence-corrected chi connectivity index (χ4v) is 3.47. The van der Waals surface area contributed by atoms with E-state index in [1.165, 1.54) is 6.33 Å². The van der Waals surface area contributed by atoms with E-state index in [-0.39, 0.29) is 24.4 Å². The van der Waals surface area contributed by atoms with Crippen LogP contribution in [0.3, 0.4) is 0 Å². The van der Waals surface area contributed by atoms with E-state index in [9.17, 15) is 4.79 Å². The smallest absolute Gasteiger partial charge is 0.252 e. The van der Waals surface area contributed by atoms with Gasteiger partial charge < -0.3 is 10.6 Å². The first kappa shape index (κ1) is 18.6. The van der Waals surface area contributed by atoms with Crippen molar-refractivity contribution in [3.63, 3.8) is 0 Å². The van der Waals surface area contributed by atoms with Gasteiger partial charge in [0.05, 0.1) is 0 Å². The van der Waals surface area contributed by atoms with Crippen LogP contribution in [0.1, 0.15) is 42.6 Å². The fraction of sp³-hybridized carbons (Fsp3) is 0.625. The van der Waals surface area contributed by atoms with Crippen LogP contribution in [-0.2, 0) is 11.2 Å². The van der Waals surface area contributed by atoms with Crippen molar-refractivity contribution in [2.24, 2.45) is 5.73 Å². The van der Waals surface area contributed by atoms with Crippen LogP contribution in [0.25, 0.3) is 5.78 Å². The SMILES string of the molecule is Cc1nc2ncnn2c(C)c1CCC(=O)N1CCCCC1CN.Cl. The van der Waals surface area contributed by atoms with Gasteiger partial charge in [-0.3, -0.25) is 4.79 Å². The highest BCUT2D eigenvalue weighted by atomic mass is 35.5. The van der Waals surface area contributed by atoms with E-state index in [0.29, 0.717) is 25.2 Å². The minimum atomic E-state index is 0. The van der Waals surface area contributed by atoms with Crippen LogP contribution in [0.4, 0.5) is 0 Å². The van der Waals surface area contributed by atoms with Crippen molar-refractivity contribution in [2.75, 3.05) is 13.1 Å². The summed E-state index contributed by atoms with van der Waals surface area (Å²) in [4.78, 5) is 23.1. The van der Waals surface area contributed by atoms with Gasteiger partial charge in [0.25, 0.3) is 5.78 Å². The molecule has 1 unspecified atom stereocenters. The van der Waals surface area contributed by atoms with Gasteiger partial charge in [0.2, 0.25) is 5.91 Å². The molecule has 0 bridgehead atoms. The molecule has 2 N–H and O–H groups in total. The molecule has 0 aromatic carbocycles. The molecule has 24 heavy (non-hydrogen) atoms. The molecule has 1 saturated heterocycles. The van der Waals surface area contributed by atoms with Gasteiger partial charge >= 0.3 is 0 Å². The highest BCUT2D eigenvalue weighted by molar-refractivity contribution is 5.85. The molecule has 1 aliphatic rings. The average molecular weight is 353 g/mol. The predicted octanol–water partition coefficient (Wildman–Crippen LogP) is 1.44. The lowest BCUT2D eigenvalue weighted by Crippen LogP contribution is -2.47. The van der Waals surface area contributed by atoms with Gasteiger partial charge in [-0.05, 0) is 45.1 Å². The first-order chi connectivity index (χ1) is 11.1. The average Bonchev–Trinajstić information content (AvgIpc) is 3.02. The molecule has 2 aromatic rings. The van der Waals surface area contributed by atoms with E-state index in [2.05, 4.69) is 15.1 Å². The fourth-order valence-electron chi connectivity index (χ4n) is 3.47. The highest BCUT2D eigenvalue weighted by Crippen LogP contribution is 2.19. The van der Waals surface area contributed by atoms with E-state index >= 15 is 0 Å². The summed E-state index contributed by atoms with van der Waals surface area (Å²) in [6.45, 7) is 5.35. The molecule has 8 heteroatoms. The molecule has 1 fully saturated rings. The van der Waals surface area contributed by atoms with Gasteiger partial charge in [-0.1, -0.05) is 0 Å². The topological polar surface area (TPSA) is 89.4 Å². The monoisotopic (exact) mass is 352 g/mol. The Kier molecular flexibility index (Phi) is 6.12. The summed E-state index contributed by atoms with van der Waals surface area (Å²) in [5, 5.41) is 4.19. The Morgan fingerprint density at radius 1 is 1.38 bits per heavy atom. The van der Waals surface area contributed by atoms with Crippen molar-refractivity contribution < 1.29 is 4.79 Å². The maximum atomic E-state index is 12.6. The lowest BCUT2D eigenvalue weighted by molar-refractivity contribution is -0.134. The zero-order valence-corrected chi connectivity index (χ0v) is 15.1. The summed E-state index contributed by atoms with van der Waals surface area (Å²) in [6.07, 6.45) is 5.92. The molecule has 132 valence electrons. The predicted molar refractivity (Wildman–Crippen MR) is 94.2 cm³/mol. The molecule has 0 radical (unpaired) electrons. The highest BCUT2D eigenvalue weighted by Gasteiger charge is 2.25. The number of rotatable bonds is 4. The third-order valence-corrected chi connectivity index (χ3v) is 4.80. The van der Waals surface area contributed by atoms with Gasteiger partial charge in [0.1, 0.15) is 6.33 Å². The van der Waals surface area contributed by atoms with Gasteiger partial charge in [-0.15, -0.1) is 12.4 Å². The van der Waals surface area contributed by atoms with Crippen molar-refractivity contribution in [2.45, 2.75) is 52.0 Å². The molecule has 2 aromatic heterocycles. The second-order valence-corrected chi connectivity index (χ2v) is 6.21. The zero-order chi connectivity index (χ0) is 16.4. The minimum absolute atomic E-state index is 0. The second kappa shape index (κ2) is 7.90. The molecule has 1 aliphatic heterocycles. The summed E-state index contributed by atoms with van der Waals surface area (Å²) in [5.41, 5.74) is 8.82. The van der Waals surface area contributed by atoms with Crippen molar-refractivity contribution >= 4 is 24.1 Å². The van der Waals surface area contributed by atoms with Crippen molar-refractivity contribution in [3.05, 3.63) is 23.3 Å². The Morgan fingerprint density at radius 3 is 2.92 bits per heavy atom. The Morgan fingerprint density at radius 2 is 2.17 bits per heavy atom. The van der Waals surface area contributed by atoms with Gasteiger partial charge in [0, 0.05) is 36.9 Å². The first-order valence-electron chi connectivity index (χ1n) is 8.27. The Hall–Kier alpha value is -1.73. The standard InChI is InChI=1S/C16H24N6O.ClH/c1-11-14(12(2)22-16(20-11)18-10-19-22)6-7-15(23)21-8-4-3-5-13(21)9-17;/h10,13H,3-9,17H2,1-2H3;1H. The van der Waals surface area contributed by atoms with Gasteiger partial charge in [0.15, 0.2) is 0 Å². The van der Waals surface area contributed by atoms with E-state index in [1.54, 1.807) is 4.52 Å². The maximum Gasteiger partial charge on any atom is 0.252 e. The summed E-state index contributed by atoms with van der Waals surface area (Å²) in [7, 11) is 0. The molecule has 3 heterocycles. The molecule has 1 amide bonds. The second-order valence-electron chi connectivity index (χ2n) is 6.21. The van der Waals surface area contributed by atoms with Crippen LogP contribution in [0.5, 0.6) is 0 Å². The van der Waals surface area contributed by atoms with Crippen LogP contribution in [0, 0.1) is 13.8 Å². The van der Waals surface area contributed by atoms with Crippen LogP contribution < -0.4 is 5.73 Å². The number of amides is 1. The summed E-state index contributed by atoms with van der Waals surface area (Å²) >= 11 is 0. The molecular weight excluding hydrogens is 328 g/mol. The van der Waals surface area contributed by atoms with Crippen molar-refractivity contribution in [1.29, 1.82) is 0 Å². The molecule has 0 saturated carbocycles. The third-order valence-electron chi connectivity index (χ3n) is 4.80. The lowest BCUT2D eigenvalue weighted by Gasteiger charge is -2.35. The van der Waals surface area contributed by atoms with Gasteiger partial charge in [-0.2, -0.15) is 10.1 Å². The quantitative estimate of drug-likeness (QED) is 0.899. The lowest BCUT2D eigenvalue weighted by atomic mass is 10.0. The number of nitrogens with two attached hydrogens (primary N) is 1. The zero-order valence-electron chi connectivity index (χ0n) is 14.2. The van der Waals surface area contributed by atoms with Gasteiger partial charge in [-0.25, -0.2) is 9.50 Å². The van der Waals surface area contributed by atoms with E-state index in [0.717, 1.165) is 42.8 Å².